The summed E-state index contributed by atoms with van der Waals surface area (Å²) in [7, 11) is 0. The molecule has 0 saturated carbocycles. The second-order valence-corrected chi connectivity index (χ2v) is 6.80. The first-order chi connectivity index (χ1) is 14.4. The van der Waals surface area contributed by atoms with Crippen LogP contribution in [0, 0.1) is 0 Å². The Morgan fingerprint density at radius 3 is 2.68 bits per heavy atom. The number of nitrogens with zero attached hydrogens (tertiary/aromatic N) is 5. The van der Waals surface area contributed by atoms with Gasteiger partial charge in [0.15, 0.2) is 12.6 Å². The molecule has 0 aliphatic carbocycles. The molecule has 1 aliphatic heterocycles. The number of alkyl halides is 3. The zero-order valence-electron chi connectivity index (χ0n) is 17.1. The van der Waals surface area contributed by atoms with Crippen molar-refractivity contribution < 1.29 is 22.4 Å². The number of hydrogen-bond acceptors (Lipinski definition) is 6. The molecule has 8 nitrogen and oxygen atoms in total. The van der Waals surface area contributed by atoms with Gasteiger partial charge in [0.1, 0.15) is 6.26 Å². The summed E-state index contributed by atoms with van der Waals surface area (Å²) < 4.78 is 47.1. The standard InChI is InChI=1S/C19H25F3N6O2.HI/c1-2-23-18(28-9-7-27(8-10-28)13-16-5-11-30-26-16)25-12-15-4-3-6-24-17(15)29-14-19(20,21)22;/h3-6,11H,2,7-10,12-14H2,1H3,(H,23,25);1H. The van der Waals surface area contributed by atoms with E-state index >= 15 is 0 Å². The summed E-state index contributed by atoms with van der Waals surface area (Å²) in [6, 6.07) is 5.17. The van der Waals surface area contributed by atoms with E-state index in [0.717, 1.165) is 38.4 Å². The molecule has 1 saturated heterocycles. The number of aliphatic imine (C=N–C) groups is 1. The molecule has 0 aromatic carbocycles. The van der Waals surface area contributed by atoms with E-state index in [1.54, 1.807) is 18.4 Å². The molecule has 172 valence electrons. The van der Waals surface area contributed by atoms with Crippen LogP contribution in [0.3, 0.4) is 0 Å². The van der Waals surface area contributed by atoms with E-state index < -0.39 is 12.8 Å². The lowest BCUT2D eigenvalue weighted by Crippen LogP contribution is -2.52. The van der Waals surface area contributed by atoms with Gasteiger partial charge >= 0.3 is 6.18 Å². The Labute approximate surface area is 195 Å². The number of piperazine rings is 1. The Morgan fingerprint density at radius 1 is 1.26 bits per heavy atom. The van der Waals surface area contributed by atoms with E-state index in [4.69, 9.17) is 9.26 Å². The molecule has 12 heteroatoms. The van der Waals surface area contributed by atoms with E-state index in [2.05, 4.69) is 30.2 Å². The van der Waals surface area contributed by atoms with Gasteiger partial charge in [0, 0.05) is 57.1 Å². The molecule has 2 aromatic rings. The van der Waals surface area contributed by atoms with Crippen molar-refractivity contribution in [3.8, 4) is 5.88 Å². The van der Waals surface area contributed by atoms with Crippen molar-refractivity contribution in [3.63, 3.8) is 0 Å². The summed E-state index contributed by atoms with van der Waals surface area (Å²) in [5, 5.41) is 7.19. The topological polar surface area (TPSA) is 79.0 Å². The van der Waals surface area contributed by atoms with E-state index in [1.165, 1.54) is 6.20 Å². The van der Waals surface area contributed by atoms with Crippen LogP contribution in [0.25, 0.3) is 0 Å². The highest BCUT2D eigenvalue weighted by molar-refractivity contribution is 14.0. The van der Waals surface area contributed by atoms with Gasteiger partial charge in [-0.05, 0) is 13.0 Å². The van der Waals surface area contributed by atoms with E-state index in [0.29, 0.717) is 18.1 Å². The number of rotatable bonds is 7. The molecule has 3 heterocycles. The lowest BCUT2D eigenvalue weighted by atomic mass is 10.2. The van der Waals surface area contributed by atoms with Gasteiger partial charge in [-0.15, -0.1) is 24.0 Å². The first kappa shape index (κ1) is 25.2. The molecular formula is C19H26F3IN6O2. The number of halogens is 4. The van der Waals surface area contributed by atoms with E-state index in [-0.39, 0.29) is 36.4 Å². The van der Waals surface area contributed by atoms with Crippen molar-refractivity contribution in [3.05, 3.63) is 41.9 Å². The minimum absolute atomic E-state index is 0. The fourth-order valence-corrected chi connectivity index (χ4v) is 3.08. The van der Waals surface area contributed by atoms with Gasteiger partial charge in [0.05, 0.1) is 12.2 Å². The molecule has 0 radical (unpaired) electrons. The van der Waals surface area contributed by atoms with Crippen LogP contribution in [-0.4, -0.2) is 71.4 Å². The van der Waals surface area contributed by atoms with E-state index in [1.807, 2.05) is 13.0 Å². The lowest BCUT2D eigenvalue weighted by Gasteiger charge is -2.36. The van der Waals surface area contributed by atoms with Crippen molar-refractivity contribution in [2.45, 2.75) is 26.2 Å². The van der Waals surface area contributed by atoms with Gasteiger partial charge in [-0.3, -0.25) is 4.90 Å². The normalized spacial score (nSPS) is 15.5. The third-order valence-electron chi connectivity index (χ3n) is 4.51. The molecule has 0 bridgehead atoms. The van der Waals surface area contributed by atoms with Gasteiger partial charge in [-0.1, -0.05) is 11.2 Å². The lowest BCUT2D eigenvalue weighted by molar-refractivity contribution is -0.154. The average molecular weight is 554 g/mol. The average Bonchev–Trinajstić information content (AvgIpc) is 3.23. The first-order valence-corrected chi connectivity index (χ1v) is 9.73. The van der Waals surface area contributed by atoms with Crippen LogP contribution >= 0.6 is 24.0 Å². The van der Waals surface area contributed by atoms with Crippen LogP contribution in [-0.2, 0) is 13.1 Å². The third kappa shape index (κ3) is 8.16. The highest BCUT2D eigenvalue weighted by atomic mass is 127. The Bertz CT molecular complexity index is 811. The molecule has 0 amide bonds. The molecule has 1 aliphatic rings. The maximum absolute atomic E-state index is 12.5. The Kier molecular flexibility index (Phi) is 9.81. The summed E-state index contributed by atoms with van der Waals surface area (Å²) >= 11 is 0. The van der Waals surface area contributed by atoms with Gasteiger partial charge < -0.3 is 19.5 Å². The van der Waals surface area contributed by atoms with Crippen molar-refractivity contribution in [1.29, 1.82) is 0 Å². The van der Waals surface area contributed by atoms with Crippen molar-refractivity contribution in [2.75, 3.05) is 39.3 Å². The fraction of sp³-hybridized carbons (Fsp3) is 0.526. The van der Waals surface area contributed by atoms with Crippen molar-refractivity contribution >= 4 is 29.9 Å². The van der Waals surface area contributed by atoms with Crippen LogP contribution in [0.1, 0.15) is 18.2 Å². The predicted molar refractivity (Wildman–Crippen MR) is 119 cm³/mol. The molecule has 1 fully saturated rings. The van der Waals surface area contributed by atoms with E-state index in [9.17, 15) is 13.2 Å². The SMILES string of the molecule is CCNC(=NCc1cccnc1OCC(F)(F)F)N1CCN(Cc2ccon2)CC1.I. The minimum Gasteiger partial charge on any atom is -0.468 e. The van der Waals surface area contributed by atoms with Crippen molar-refractivity contribution in [1.82, 2.24) is 25.3 Å². The number of guanidine groups is 1. The number of pyridine rings is 1. The Balaban J connectivity index is 0.00000341. The minimum atomic E-state index is -4.42. The van der Waals surface area contributed by atoms with Gasteiger partial charge in [-0.2, -0.15) is 13.2 Å². The number of nitrogens with one attached hydrogen (secondary N) is 1. The van der Waals surface area contributed by atoms with Crippen LogP contribution in [0.5, 0.6) is 5.88 Å². The molecule has 0 spiro atoms. The zero-order chi connectivity index (χ0) is 21.4. The summed E-state index contributed by atoms with van der Waals surface area (Å²) in [6.45, 7) is 5.39. The fourth-order valence-electron chi connectivity index (χ4n) is 3.08. The number of aromatic nitrogens is 2. The van der Waals surface area contributed by atoms with Gasteiger partial charge in [0.25, 0.3) is 0 Å². The summed E-state index contributed by atoms with van der Waals surface area (Å²) in [6.07, 6.45) is -1.45. The molecule has 3 rings (SSSR count). The maximum Gasteiger partial charge on any atom is 0.422 e. The van der Waals surface area contributed by atoms with Crippen LogP contribution < -0.4 is 10.1 Å². The second kappa shape index (κ2) is 12.1. The predicted octanol–water partition coefficient (Wildman–Crippen LogP) is 2.91. The maximum atomic E-state index is 12.5. The highest BCUT2D eigenvalue weighted by Crippen LogP contribution is 2.20. The van der Waals surface area contributed by atoms with Crippen LogP contribution in [0.4, 0.5) is 13.2 Å². The van der Waals surface area contributed by atoms with Gasteiger partial charge in [0.2, 0.25) is 5.88 Å². The largest absolute Gasteiger partial charge is 0.468 e. The zero-order valence-corrected chi connectivity index (χ0v) is 19.5. The van der Waals surface area contributed by atoms with Crippen LogP contribution in [0.15, 0.2) is 40.2 Å². The van der Waals surface area contributed by atoms with Crippen LogP contribution in [0.2, 0.25) is 0 Å². The summed E-state index contributed by atoms with van der Waals surface area (Å²) in [5.41, 5.74) is 1.40. The number of ether oxygens (including phenoxy) is 1. The number of hydrogen-bond donors (Lipinski definition) is 1. The summed E-state index contributed by atoms with van der Waals surface area (Å²) in [4.78, 5) is 12.9. The summed E-state index contributed by atoms with van der Waals surface area (Å²) in [5.74, 6) is 0.663. The third-order valence-corrected chi connectivity index (χ3v) is 4.51. The second-order valence-electron chi connectivity index (χ2n) is 6.80. The molecule has 0 unspecified atom stereocenters. The smallest absolute Gasteiger partial charge is 0.422 e. The van der Waals surface area contributed by atoms with Gasteiger partial charge in [-0.25, -0.2) is 9.98 Å². The monoisotopic (exact) mass is 554 g/mol. The molecule has 1 N–H and O–H groups in total. The molecule has 2 aromatic heterocycles. The Morgan fingerprint density at radius 2 is 2.03 bits per heavy atom. The van der Waals surface area contributed by atoms with Crippen molar-refractivity contribution in [2.24, 2.45) is 4.99 Å². The molecule has 31 heavy (non-hydrogen) atoms. The first-order valence-electron chi connectivity index (χ1n) is 9.73. The molecular weight excluding hydrogens is 528 g/mol. The molecule has 0 atom stereocenters. The Hall–Kier alpha value is -2.09. The highest BCUT2D eigenvalue weighted by Gasteiger charge is 2.29. The quantitative estimate of drug-likeness (QED) is 0.321.